The molecule has 0 amide bonds. The third-order valence-corrected chi connectivity index (χ3v) is 1.55. The monoisotopic (exact) mass is 216 g/mol. The summed E-state index contributed by atoms with van der Waals surface area (Å²) in [5.74, 6) is 0. The van der Waals surface area contributed by atoms with Crippen LogP contribution in [0.4, 0.5) is 0 Å². The van der Waals surface area contributed by atoms with Gasteiger partial charge in [0, 0.05) is 24.5 Å². The first-order chi connectivity index (χ1) is 7.54. The van der Waals surface area contributed by atoms with Gasteiger partial charge in [0.2, 0.25) is 0 Å². The molecule has 0 spiro atoms. The van der Waals surface area contributed by atoms with Crippen molar-refractivity contribution >= 4 is 18.2 Å². The van der Waals surface area contributed by atoms with Gasteiger partial charge in [-0.25, -0.2) is 4.99 Å². The number of rotatable bonds is 6. The van der Waals surface area contributed by atoms with Gasteiger partial charge in [0.25, 0.3) is 0 Å². The Bertz CT molecular complexity index is 424. The predicted molar refractivity (Wildman–Crippen MR) is 63.3 cm³/mol. The van der Waals surface area contributed by atoms with E-state index < -0.39 is 0 Å². The Balaban J connectivity index is 4.82. The number of nitrogens with zero attached hydrogens (tertiary/aromatic N) is 2. The van der Waals surface area contributed by atoms with Gasteiger partial charge in [-0.15, -0.1) is 0 Å². The van der Waals surface area contributed by atoms with E-state index >= 15 is 0 Å². The molecule has 82 valence electrons. The minimum Gasteiger partial charge on any atom is -0.388 e. The molecule has 0 rings (SSSR count). The summed E-state index contributed by atoms with van der Waals surface area (Å²) in [6.45, 7) is 7.05. The first kappa shape index (κ1) is 13.5. The van der Waals surface area contributed by atoms with Crippen LogP contribution >= 0.6 is 0 Å². The molecule has 0 fully saturated rings. The van der Waals surface area contributed by atoms with Gasteiger partial charge in [-0.05, 0) is 6.08 Å². The van der Waals surface area contributed by atoms with Crippen LogP contribution in [0.3, 0.4) is 0 Å². The predicted octanol–water partition coefficient (Wildman–Crippen LogP) is 0.973. The lowest BCUT2D eigenvalue weighted by atomic mass is 10.2. The highest BCUT2D eigenvalue weighted by Crippen LogP contribution is 2.02. The summed E-state index contributed by atoms with van der Waals surface area (Å²) >= 11 is 0. The molecule has 0 aliphatic rings. The van der Waals surface area contributed by atoms with Gasteiger partial charge in [-0.1, -0.05) is 13.2 Å². The van der Waals surface area contributed by atoms with Crippen LogP contribution in [0, 0.1) is 16.7 Å². The number of aldehydes is 1. The number of hydrogen-bond acceptors (Lipinski definition) is 5. The summed E-state index contributed by atoms with van der Waals surface area (Å²) in [6, 6.07) is 1.76. The number of carbonyl (C=O) groups excluding carboxylic acids is 1. The summed E-state index contributed by atoms with van der Waals surface area (Å²) in [5, 5.41) is 18.4. The number of aliphatic imine (C=N–C) groups is 1. The maximum atomic E-state index is 10.3. The van der Waals surface area contributed by atoms with E-state index in [-0.39, 0.29) is 11.4 Å². The van der Waals surface area contributed by atoms with Crippen molar-refractivity contribution in [2.24, 2.45) is 4.99 Å². The highest BCUT2D eigenvalue weighted by atomic mass is 16.1. The Hall–Kier alpha value is -2.48. The molecule has 5 heteroatoms. The molecule has 0 bridgehead atoms. The second-order valence-corrected chi connectivity index (χ2v) is 2.72. The van der Waals surface area contributed by atoms with Crippen LogP contribution in [0.25, 0.3) is 0 Å². The van der Waals surface area contributed by atoms with E-state index in [9.17, 15) is 4.79 Å². The summed E-state index contributed by atoms with van der Waals surface area (Å²) in [6.07, 6.45) is 3.07. The molecule has 0 aliphatic heterocycles. The summed E-state index contributed by atoms with van der Waals surface area (Å²) in [4.78, 5) is 14.0. The molecule has 0 saturated carbocycles. The van der Waals surface area contributed by atoms with Crippen molar-refractivity contribution in [1.29, 1.82) is 10.7 Å². The molecule has 0 aromatic carbocycles. The van der Waals surface area contributed by atoms with E-state index in [0.29, 0.717) is 17.6 Å². The largest absolute Gasteiger partial charge is 0.388 e. The molecule has 2 N–H and O–H groups in total. The first-order valence-corrected chi connectivity index (χ1v) is 4.30. The Morgan fingerprint density at radius 3 is 2.62 bits per heavy atom. The van der Waals surface area contributed by atoms with Crippen molar-refractivity contribution < 1.29 is 4.79 Å². The van der Waals surface area contributed by atoms with E-state index in [1.54, 1.807) is 13.1 Å². The topological polar surface area (TPSA) is 89.1 Å². The van der Waals surface area contributed by atoms with Crippen LogP contribution in [0.1, 0.15) is 0 Å². The number of carbonyl (C=O) groups is 1. The van der Waals surface area contributed by atoms with Crippen LogP contribution in [-0.2, 0) is 4.79 Å². The van der Waals surface area contributed by atoms with Gasteiger partial charge in [0.1, 0.15) is 11.8 Å². The smallest absolute Gasteiger partial charge is 0.167 e. The van der Waals surface area contributed by atoms with Gasteiger partial charge in [-0.2, -0.15) is 5.26 Å². The third kappa shape index (κ3) is 4.67. The number of nitrogens with one attached hydrogen (secondary N) is 2. The average Bonchev–Trinajstić information content (AvgIpc) is 2.31. The number of nitriles is 1. The van der Waals surface area contributed by atoms with Gasteiger partial charge in [0.05, 0.1) is 5.71 Å². The van der Waals surface area contributed by atoms with E-state index in [1.165, 1.54) is 12.3 Å². The van der Waals surface area contributed by atoms with Gasteiger partial charge >= 0.3 is 0 Å². The molecule has 5 nitrogen and oxygen atoms in total. The molecule has 0 unspecified atom stereocenters. The normalized spacial score (nSPS) is 10.6. The van der Waals surface area contributed by atoms with Gasteiger partial charge in [-0.3, -0.25) is 10.2 Å². The fourth-order valence-corrected chi connectivity index (χ4v) is 0.769. The molecule has 0 aromatic rings. The lowest BCUT2D eigenvalue weighted by Crippen LogP contribution is -2.11. The molecule has 0 radical (unpaired) electrons. The average molecular weight is 216 g/mol. The lowest BCUT2D eigenvalue weighted by Gasteiger charge is -2.04. The molecule has 0 heterocycles. The van der Waals surface area contributed by atoms with E-state index in [1.807, 2.05) is 0 Å². The SMILES string of the molecule is C=C(C#N)/N=C/C(=C)/C(=C/C(=N)C=O)NC. The second-order valence-electron chi connectivity index (χ2n) is 2.72. The zero-order chi connectivity index (χ0) is 12.6. The molecule has 0 atom stereocenters. The minimum atomic E-state index is -0.182. The molecule has 0 aromatic heterocycles. The minimum absolute atomic E-state index is 0.0575. The summed E-state index contributed by atoms with van der Waals surface area (Å²) in [7, 11) is 1.63. The Kier molecular flexibility index (Phi) is 5.83. The maximum absolute atomic E-state index is 10.3. The van der Waals surface area contributed by atoms with Crippen molar-refractivity contribution in [3.8, 4) is 6.07 Å². The fraction of sp³-hybridized carbons (Fsp3) is 0.0909. The van der Waals surface area contributed by atoms with Crippen molar-refractivity contribution in [2.45, 2.75) is 0 Å². The standard InChI is InChI=1S/C11H12N4O/c1-8(6-15-9(2)5-12)11(14-3)4-10(13)7-16/h4,6-7,13-14H,1-2H2,3H3/b11-4-,13-10?,15-6+. The maximum Gasteiger partial charge on any atom is 0.167 e. The molecular formula is C11H12N4O. The Morgan fingerprint density at radius 1 is 1.56 bits per heavy atom. The highest BCUT2D eigenvalue weighted by Gasteiger charge is 1.99. The zero-order valence-electron chi connectivity index (χ0n) is 8.95. The Morgan fingerprint density at radius 2 is 2.19 bits per heavy atom. The van der Waals surface area contributed by atoms with Crippen LogP contribution in [0.2, 0.25) is 0 Å². The van der Waals surface area contributed by atoms with Crippen molar-refractivity contribution in [3.63, 3.8) is 0 Å². The molecular weight excluding hydrogens is 204 g/mol. The van der Waals surface area contributed by atoms with Gasteiger partial charge < -0.3 is 5.32 Å². The summed E-state index contributed by atoms with van der Waals surface area (Å²) in [5.41, 5.74) is 0.803. The van der Waals surface area contributed by atoms with Crippen LogP contribution in [0.5, 0.6) is 0 Å². The molecule has 0 aliphatic carbocycles. The van der Waals surface area contributed by atoms with Crippen molar-refractivity contribution in [3.05, 3.63) is 36.2 Å². The van der Waals surface area contributed by atoms with Crippen molar-refractivity contribution in [2.75, 3.05) is 7.05 Å². The lowest BCUT2D eigenvalue weighted by molar-refractivity contribution is -0.102. The van der Waals surface area contributed by atoms with Crippen LogP contribution in [-0.4, -0.2) is 25.3 Å². The van der Waals surface area contributed by atoms with E-state index in [0.717, 1.165) is 0 Å². The Labute approximate surface area is 94.0 Å². The first-order valence-electron chi connectivity index (χ1n) is 4.30. The molecule has 0 saturated heterocycles. The fourth-order valence-electron chi connectivity index (χ4n) is 0.769. The third-order valence-electron chi connectivity index (χ3n) is 1.55. The quantitative estimate of drug-likeness (QED) is 0.300. The number of allylic oxidation sites excluding steroid dienone is 3. The van der Waals surface area contributed by atoms with E-state index in [4.69, 9.17) is 10.7 Å². The second kappa shape index (κ2) is 6.90. The highest BCUT2D eigenvalue weighted by molar-refractivity contribution is 6.32. The molecule has 16 heavy (non-hydrogen) atoms. The summed E-state index contributed by atoms with van der Waals surface area (Å²) < 4.78 is 0. The number of likely N-dealkylation sites (N-methyl/N-ethyl adjacent to an activating group) is 1. The van der Waals surface area contributed by atoms with Crippen LogP contribution < -0.4 is 5.32 Å². The van der Waals surface area contributed by atoms with Crippen molar-refractivity contribution in [1.82, 2.24) is 5.32 Å². The van der Waals surface area contributed by atoms with Crippen LogP contribution in [0.15, 0.2) is 41.2 Å². The zero-order valence-corrected chi connectivity index (χ0v) is 8.95. The van der Waals surface area contributed by atoms with E-state index in [2.05, 4.69) is 23.5 Å². The number of hydrogen-bond donors (Lipinski definition) is 2. The van der Waals surface area contributed by atoms with Gasteiger partial charge in [0.15, 0.2) is 6.29 Å².